The fraction of sp³-hybridized carbons (Fsp3) is 0.344. The molecule has 0 radical (unpaired) electrons. The minimum absolute atomic E-state index is 0.00157. The number of hydrogen-bond donors (Lipinski definition) is 2. The number of aryl methyl sites for hydroxylation is 2. The maximum Gasteiger partial charge on any atom is 0.335 e. The summed E-state index contributed by atoms with van der Waals surface area (Å²) in [6.07, 6.45) is 6.58. The van der Waals surface area contributed by atoms with E-state index in [2.05, 4.69) is 39.8 Å². The molecule has 0 aliphatic heterocycles. The van der Waals surface area contributed by atoms with Crippen LogP contribution < -0.4 is 0 Å². The van der Waals surface area contributed by atoms with Gasteiger partial charge in [-0.2, -0.15) is 0 Å². The zero-order valence-electron chi connectivity index (χ0n) is 21.5. The molecule has 36 heavy (non-hydrogen) atoms. The molecule has 0 aromatic heterocycles. The summed E-state index contributed by atoms with van der Waals surface area (Å²) in [7, 11) is 0. The molecule has 0 spiro atoms. The second-order valence-corrected chi connectivity index (χ2v) is 11.2. The van der Waals surface area contributed by atoms with Crippen LogP contribution in [0.5, 0.6) is 0 Å². The summed E-state index contributed by atoms with van der Waals surface area (Å²) in [5.74, 6) is -1.19. The Hall–Kier alpha value is -3.24. The Morgan fingerprint density at radius 2 is 1.58 bits per heavy atom. The topological polar surface area (TPSA) is 57.5 Å². The van der Waals surface area contributed by atoms with Crippen molar-refractivity contribution in [3.05, 3.63) is 112 Å². The Bertz CT molecular complexity index is 1270. The molecule has 0 bridgehead atoms. The Kier molecular flexibility index (Phi) is 7.19. The van der Waals surface area contributed by atoms with E-state index in [1.54, 1.807) is 30.3 Å². The number of carbonyl (C=O) groups is 1. The normalized spacial score (nSPS) is 17.1. The van der Waals surface area contributed by atoms with Crippen LogP contribution in [0.4, 0.5) is 4.39 Å². The van der Waals surface area contributed by atoms with Gasteiger partial charge in [0, 0.05) is 0 Å². The van der Waals surface area contributed by atoms with Gasteiger partial charge in [0.05, 0.1) is 11.7 Å². The molecule has 0 heterocycles. The summed E-state index contributed by atoms with van der Waals surface area (Å²) in [5, 5.41) is 20.2. The largest absolute Gasteiger partial charge is 0.478 e. The van der Waals surface area contributed by atoms with Crippen LogP contribution in [0.25, 0.3) is 6.08 Å². The van der Waals surface area contributed by atoms with Gasteiger partial charge < -0.3 is 10.2 Å². The maximum atomic E-state index is 13.4. The van der Waals surface area contributed by atoms with Crippen molar-refractivity contribution in [2.75, 3.05) is 0 Å². The molecule has 1 unspecified atom stereocenters. The van der Waals surface area contributed by atoms with E-state index in [1.807, 2.05) is 18.2 Å². The van der Waals surface area contributed by atoms with Gasteiger partial charge in [-0.05, 0) is 94.2 Å². The second-order valence-electron chi connectivity index (χ2n) is 11.2. The van der Waals surface area contributed by atoms with Gasteiger partial charge in [0.1, 0.15) is 5.82 Å². The Labute approximate surface area is 213 Å². The molecular formula is C32H35FO3. The number of rotatable bonds is 7. The monoisotopic (exact) mass is 486 g/mol. The molecule has 0 fully saturated rings. The lowest BCUT2D eigenvalue weighted by Gasteiger charge is -2.43. The smallest absolute Gasteiger partial charge is 0.335 e. The highest BCUT2D eigenvalue weighted by Gasteiger charge is 2.39. The van der Waals surface area contributed by atoms with Crippen molar-refractivity contribution in [2.45, 2.75) is 70.3 Å². The lowest BCUT2D eigenvalue weighted by molar-refractivity contribution is 0.0697. The molecule has 188 valence electrons. The van der Waals surface area contributed by atoms with Gasteiger partial charge in [-0.1, -0.05) is 76.2 Å². The minimum atomic E-state index is -0.960. The van der Waals surface area contributed by atoms with Crippen LogP contribution in [0.2, 0.25) is 0 Å². The Morgan fingerprint density at radius 3 is 2.22 bits per heavy atom. The number of fused-ring (bicyclic) bond motifs is 1. The number of aromatic carboxylic acids is 1. The summed E-state index contributed by atoms with van der Waals surface area (Å²) in [6.45, 7) is 9.17. The molecule has 0 saturated heterocycles. The zero-order chi connectivity index (χ0) is 26.1. The molecule has 4 heteroatoms. The van der Waals surface area contributed by atoms with E-state index in [4.69, 9.17) is 5.11 Å². The predicted molar refractivity (Wildman–Crippen MR) is 143 cm³/mol. The zero-order valence-corrected chi connectivity index (χ0v) is 21.5. The number of carboxylic acid groups (broad SMARTS) is 1. The molecular weight excluding hydrogens is 451 g/mol. The summed E-state index contributed by atoms with van der Waals surface area (Å²) in [6, 6.07) is 17.6. The summed E-state index contributed by atoms with van der Waals surface area (Å²) < 4.78 is 13.4. The lowest BCUT2D eigenvalue weighted by Crippen LogP contribution is -2.35. The van der Waals surface area contributed by atoms with Crippen LogP contribution in [-0.2, 0) is 23.7 Å². The first-order chi connectivity index (χ1) is 17.0. The number of benzene rings is 3. The summed E-state index contributed by atoms with van der Waals surface area (Å²) in [4.78, 5) is 11.1. The van der Waals surface area contributed by atoms with Gasteiger partial charge in [-0.15, -0.1) is 0 Å². The fourth-order valence-corrected chi connectivity index (χ4v) is 5.29. The fourth-order valence-electron chi connectivity index (χ4n) is 5.29. The lowest BCUT2D eigenvalue weighted by atomic mass is 9.61. The third-order valence-electron chi connectivity index (χ3n) is 7.59. The van der Waals surface area contributed by atoms with Crippen LogP contribution in [0.15, 0.2) is 66.7 Å². The number of hydrogen-bond acceptors (Lipinski definition) is 2. The van der Waals surface area contributed by atoms with E-state index in [1.165, 1.54) is 28.8 Å². The van der Waals surface area contributed by atoms with Gasteiger partial charge in [0.25, 0.3) is 0 Å². The van der Waals surface area contributed by atoms with Gasteiger partial charge in [-0.25, -0.2) is 9.18 Å². The molecule has 3 aromatic carbocycles. The molecule has 1 atom stereocenters. The van der Waals surface area contributed by atoms with E-state index in [9.17, 15) is 14.3 Å². The van der Waals surface area contributed by atoms with Crippen molar-refractivity contribution in [1.82, 2.24) is 0 Å². The SMILES string of the molecule is CC1(C)CCC(C)(C)c2c(CCc3ccc(F)cc3)cc(C(O)/C=C/c3ccc(C(=O)O)cc3)cc21. The Balaban J connectivity index is 1.69. The highest BCUT2D eigenvalue weighted by molar-refractivity contribution is 5.87. The van der Waals surface area contributed by atoms with Crippen molar-refractivity contribution in [1.29, 1.82) is 0 Å². The van der Waals surface area contributed by atoms with Crippen molar-refractivity contribution >= 4 is 12.0 Å². The van der Waals surface area contributed by atoms with E-state index in [-0.39, 0.29) is 22.2 Å². The maximum absolute atomic E-state index is 13.4. The van der Waals surface area contributed by atoms with Crippen LogP contribution in [0.3, 0.4) is 0 Å². The van der Waals surface area contributed by atoms with E-state index >= 15 is 0 Å². The van der Waals surface area contributed by atoms with Crippen molar-refractivity contribution < 1.29 is 19.4 Å². The second kappa shape index (κ2) is 10.0. The van der Waals surface area contributed by atoms with Crippen molar-refractivity contribution in [3.8, 4) is 0 Å². The Morgan fingerprint density at radius 1 is 0.944 bits per heavy atom. The van der Waals surface area contributed by atoms with Crippen molar-refractivity contribution in [2.24, 2.45) is 0 Å². The van der Waals surface area contributed by atoms with Crippen LogP contribution in [-0.4, -0.2) is 16.2 Å². The molecule has 4 rings (SSSR count). The van der Waals surface area contributed by atoms with E-state index < -0.39 is 12.1 Å². The van der Waals surface area contributed by atoms with Gasteiger partial charge in [0.2, 0.25) is 0 Å². The average Bonchev–Trinajstić information content (AvgIpc) is 2.85. The van der Waals surface area contributed by atoms with Gasteiger partial charge in [0.15, 0.2) is 0 Å². The minimum Gasteiger partial charge on any atom is -0.478 e. The highest BCUT2D eigenvalue weighted by atomic mass is 19.1. The highest BCUT2D eigenvalue weighted by Crippen LogP contribution is 2.48. The first kappa shape index (κ1) is 25.8. The van der Waals surface area contributed by atoms with Crippen LogP contribution >= 0.6 is 0 Å². The molecule has 3 nitrogen and oxygen atoms in total. The first-order valence-corrected chi connectivity index (χ1v) is 12.6. The van der Waals surface area contributed by atoms with Gasteiger partial charge in [-0.3, -0.25) is 0 Å². The van der Waals surface area contributed by atoms with Crippen molar-refractivity contribution in [3.63, 3.8) is 0 Å². The average molecular weight is 487 g/mol. The molecule has 1 aliphatic rings. The van der Waals surface area contributed by atoms with Crippen LogP contribution in [0, 0.1) is 5.82 Å². The molecule has 1 aliphatic carbocycles. The number of halogens is 1. The number of carboxylic acids is 1. The standard InChI is InChI=1S/C32H35FO3/c1-31(2)17-18-32(3,4)29-24(13-7-22-8-14-26(33)15-9-22)19-25(20-27(29)31)28(34)16-10-21-5-11-23(12-6-21)30(35)36/h5-6,8-12,14-16,19-20,28,34H,7,13,17-18H2,1-4H3,(H,35,36)/b16-10+. The third-order valence-corrected chi connectivity index (χ3v) is 7.59. The molecule has 0 amide bonds. The number of aliphatic hydroxyl groups is 1. The van der Waals surface area contributed by atoms with E-state index in [0.717, 1.165) is 42.4 Å². The predicted octanol–water partition coefficient (Wildman–Crippen LogP) is 7.40. The summed E-state index contributed by atoms with van der Waals surface area (Å²) in [5.41, 5.74) is 6.96. The quantitative estimate of drug-likeness (QED) is 0.366. The molecule has 2 N–H and O–H groups in total. The number of aliphatic hydroxyl groups excluding tert-OH is 1. The molecule has 3 aromatic rings. The van der Waals surface area contributed by atoms with Crippen LogP contribution in [0.1, 0.15) is 90.4 Å². The first-order valence-electron chi connectivity index (χ1n) is 12.6. The molecule has 0 saturated carbocycles. The summed E-state index contributed by atoms with van der Waals surface area (Å²) >= 11 is 0. The third kappa shape index (κ3) is 5.60. The van der Waals surface area contributed by atoms with E-state index in [0.29, 0.717) is 0 Å². The van der Waals surface area contributed by atoms with Gasteiger partial charge >= 0.3 is 5.97 Å².